The highest BCUT2D eigenvalue weighted by atomic mass is 32.1. The number of ether oxygens (including phenoxy) is 1. The molecule has 3 rings (SSSR count). The second kappa shape index (κ2) is 7.97. The molecule has 0 aliphatic carbocycles. The summed E-state index contributed by atoms with van der Waals surface area (Å²) in [5, 5.41) is 2.12. The highest BCUT2D eigenvalue weighted by Gasteiger charge is 2.24. The number of likely N-dealkylation sites (N-methyl/N-ethyl adjacent to an activating group) is 1. The van der Waals surface area contributed by atoms with Crippen molar-refractivity contribution in [1.29, 1.82) is 0 Å². The molecule has 4 nitrogen and oxygen atoms in total. The molecule has 0 aromatic carbocycles. The maximum Gasteiger partial charge on any atom is 0.141 e. The zero-order valence-corrected chi connectivity index (χ0v) is 14.1. The number of morpholine rings is 1. The van der Waals surface area contributed by atoms with E-state index in [2.05, 4.69) is 39.3 Å². The molecule has 3 heterocycles. The molecular formula is C17H22FN3OS. The molecule has 0 bridgehead atoms. The lowest BCUT2D eigenvalue weighted by Crippen LogP contribution is -2.42. The molecular weight excluding hydrogens is 313 g/mol. The van der Waals surface area contributed by atoms with Gasteiger partial charge in [-0.1, -0.05) is 6.07 Å². The largest absolute Gasteiger partial charge is 0.379 e. The quantitative estimate of drug-likeness (QED) is 0.812. The molecule has 0 radical (unpaired) electrons. The number of aromatic nitrogens is 1. The maximum atomic E-state index is 13.3. The molecule has 0 N–H and O–H groups in total. The van der Waals surface area contributed by atoms with Crippen molar-refractivity contribution in [2.24, 2.45) is 0 Å². The van der Waals surface area contributed by atoms with Crippen molar-refractivity contribution >= 4 is 11.3 Å². The Morgan fingerprint density at radius 3 is 2.91 bits per heavy atom. The molecule has 23 heavy (non-hydrogen) atoms. The molecule has 0 saturated carbocycles. The summed E-state index contributed by atoms with van der Waals surface area (Å²) >= 11 is 1.79. The number of pyridine rings is 1. The van der Waals surface area contributed by atoms with E-state index < -0.39 is 0 Å². The minimum atomic E-state index is -0.279. The topological polar surface area (TPSA) is 28.6 Å². The third kappa shape index (κ3) is 4.57. The molecule has 0 amide bonds. The molecule has 2 aromatic heterocycles. The van der Waals surface area contributed by atoms with Gasteiger partial charge in [0.2, 0.25) is 0 Å². The Balaban J connectivity index is 1.67. The Labute approximate surface area is 140 Å². The maximum absolute atomic E-state index is 13.3. The van der Waals surface area contributed by atoms with E-state index in [1.807, 2.05) is 0 Å². The average molecular weight is 335 g/mol. The van der Waals surface area contributed by atoms with Gasteiger partial charge in [-0.25, -0.2) is 4.39 Å². The van der Waals surface area contributed by atoms with Gasteiger partial charge in [-0.05, 0) is 30.1 Å². The van der Waals surface area contributed by atoms with Crippen LogP contribution in [0.2, 0.25) is 0 Å². The fourth-order valence-electron chi connectivity index (χ4n) is 2.97. The fourth-order valence-corrected chi connectivity index (χ4v) is 3.82. The molecule has 1 atom stereocenters. The summed E-state index contributed by atoms with van der Waals surface area (Å²) in [6.45, 7) is 5.09. The first-order chi connectivity index (χ1) is 11.2. The Bertz CT molecular complexity index is 602. The summed E-state index contributed by atoms with van der Waals surface area (Å²) in [7, 11) is 2.08. The second-order valence-electron chi connectivity index (χ2n) is 5.89. The van der Waals surface area contributed by atoms with Gasteiger partial charge in [-0.15, -0.1) is 11.3 Å². The van der Waals surface area contributed by atoms with E-state index in [9.17, 15) is 4.39 Å². The number of rotatable bonds is 6. The molecule has 6 heteroatoms. The number of hydrogen-bond donors (Lipinski definition) is 0. The van der Waals surface area contributed by atoms with Crippen molar-refractivity contribution in [3.63, 3.8) is 0 Å². The van der Waals surface area contributed by atoms with Crippen molar-refractivity contribution in [3.8, 4) is 0 Å². The summed E-state index contributed by atoms with van der Waals surface area (Å²) in [6, 6.07) is 6.20. The van der Waals surface area contributed by atoms with Gasteiger partial charge in [0.05, 0.1) is 25.5 Å². The zero-order chi connectivity index (χ0) is 16.1. The monoisotopic (exact) mass is 335 g/mol. The van der Waals surface area contributed by atoms with Crippen molar-refractivity contribution in [1.82, 2.24) is 14.8 Å². The minimum Gasteiger partial charge on any atom is -0.379 e. The summed E-state index contributed by atoms with van der Waals surface area (Å²) < 4.78 is 18.8. The summed E-state index contributed by atoms with van der Waals surface area (Å²) in [5.74, 6) is -0.279. The van der Waals surface area contributed by atoms with Crippen molar-refractivity contribution in [3.05, 3.63) is 52.2 Å². The van der Waals surface area contributed by atoms with Gasteiger partial charge >= 0.3 is 0 Å². The van der Waals surface area contributed by atoms with Crippen LogP contribution in [0.5, 0.6) is 0 Å². The van der Waals surface area contributed by atoms with Gasteiger partial charge in [0, 0.05) is 37.3 Å². The van der Waals surface area contributed by atoms with Gasteiger partial charge in [0.25, 0.3) is 0 Å². The first-order valence-electron chi connectivity index (χ1n) is 7.85. The Hall–Kier alpha value is -1.34. The van der Waals surface area contributed by atoms with Crippen molar-refractivity contribution < 1.29 is 9.13 Å². The van der Waals surface area contributed by atoms with E-state index in [-0.39, 0.29) is 5.82 Å². The lowest BCUT2D eigenvalue weighted by molar-refractivity contribution is 0.00963. The average Bonchev–Trinajstić information content (AvgIpc) is 3.07. The van der Waals surface area contributed by atoms with Crippen LogP contribution >= 0.6 is 11.3 Å². The SMILES string of the molecule is CN(Cc1cncc(F)c1)C[C@@H](c1cccs1)N1CCOCC1. The normalized spacial score (nSPS) is 17.5. The van der Waals surface area contributed by atoms with E-state index in [4.69, 9.17) is 4.74 Å². The van der Waals surface area contributed by atoms with E-state index in [0.29, 0.717) is 12.6 Å². The van der Waals surface area contributed by atoms with E-state index in [1.54, 1.807) is 23.6 Å². The third-order valence-electron chi connectivity index (χ3n) is 4.06. The van der Waals surface area contributed by atoms with E-state index in [0.717, 1.165) is 38.4 Å². The highest BCUT2D eigenvalue weighted by molar-refractivity contribution is 7.10. The zero-order valence-electron chi connectivity index (χ0n) is 13.3. The summed E-state index contributed by atoms with van der Waals surface area (Å²) in [4.78, 5) is 10.0. The standard InChI is InChI=1S/C17H22FN3OS/c1-20(12-14-9-15(18)11-19-10-14)13-16(17-3-2-8-23-17)21-4-6-22-7-5-21/h2-3,8-11,16H,4-7,12-13H2,1H3/t16-/m0/s1. The summed E-state index contributed by atoms with van der Waals surface area (Å²) in [5.41, 5.74) is 0.902. The molecule has 0 spiro atoms. The highest BCUT2D eigenvalue weighted by Crippen LogP contribution is 2.27. The third-order valence-corrected chi connectivity index (χ3v) is 5.03. The van der Waals surface area contributed by atoms with Crippen LogP contribution in [0.1, 0.15) is 16.5 Å². The van der Waals surface area contributed by atoms with Gasteiger partial charge in [-0.2, -0.15) is 0 Å². The van der Waals surface area contributed by atoms with E-state index in [1.165, 1.54) is 11.1 Å². The van der Waals surface area contributed by atoms with Gasteiger partial charge in [-0.3, -0.25) is 9.88 Å². The number of thiophene rings is 1. The molecule has 2 aromatic rings. The van der Waals surface area contributed by atoms with Crippen LogP contribution in [-0.4, -0.2) is 54.7 Å². The first kappa shape index (κ1) is 16.5. The predicted molar refractivity (Wildman–Crippen MR) is 90.0 cm³/mol. The molecule has 124 valence electrons. The number of nitrogens with zero attached hydrogens (tertiary/aromatic N) is 3. The van der Waals surface area contributed by atoms with Crippen LogP contribution in [0.25, 0.3) is 0 Å². The van der Waals surface area contributed by atoms with Crippen LogP contribution < -0.4 is 0 Å². The molecule has 0 unspecified atom stereocenters. The first-order valence-corrected chi connectivity index (χ1v) is 8.73. The fraction of sp³-hybridized carbons (Fsp3) is 0.471. The molecule has 1 aliphatic heterocycles. The van der Waals surface area contributed by atoms with Crippen LogP contribution in [-0.2, 0) is 11.3 Å². The predicted octanol–water partition coefficient (Wildman–Crippen LogP) is 2.79. The van der Waals surface area contributed by atoms with Crippen molar-refractivity contribution in [2.45, 2.75) is 12.6 Å². The van der Waals surface area contributed by atoms with Gasteiger partial charge in [0.1, 0.15) is 5.82 Å². The van der Waals surface area contributed by atoms with Crippen molar-refractivity contribution in [2.75, 3.05) is 39.9 Å². The Kier molecular flexibility index (Phi) is 5.72. The Morgan fingerprint density at radius 1 is 1.39 bits per heavy atom. The lowest BCUT2D eigenvalue weighted by atomic mass is 10.1. The van der Waals surface area contributed by atoms with Crippen LogP contribution in [0.15, 0.2) is 36.0 Å². The number of halogens is 1. The Morgan fingerprint density at radius 2 is 2.22 bits per heavy atom. The second-order valence-corrected chi connectivity index (χ2v) is 6.87. The van der Waals surface area contributed by atoms with Crippen LogP contribution in [0.3, 0.4) is 0 Å². The number of hydrogen-bond acceptors (Lipinski definition) is 5. The van der Waals surface area contributed by atoms with Gasteiger partial charge < -0.3 is 9.64 Å². The molecule has 1 saturated heterocycles. The minimum absolute atomic E-state index is 0.279. The van der Waals surface area contributed by atoms with Gasteiger partial charge in [0.15, 0.2) is 0 Å². The summed E-state index contributed by atoms with van der Waals surface area (Å²) in [6.07, 6.45) is 2.97. The lowest BCUT2D eigenvalue weighted by Gasteiger charge is -2.36. The van der Waals surface area contributed by atoms with E-state index >= 15 is 0 Å². The molecule has 1 fully saturated rings. The smallest absolute Gasteiger partial charge is 0.141 e. The van der Waals surface area contributed by atoms with Crippen LogP contribution in [0, 0.1) is 5.82 Å². The van der Waals surface area contributed by atoms with Crippen LogP contribution in [0.4, 0.5) is 4.39 Å². The molecule has 1 aliphatic rings.